The highest BCUT2D eigenvalue weighted by molar-refractivity contribution is 7.80. The maximum absolute atomic E-state index is 9.33. The Hall–Kier alpha value is -0.290. The topological polar surface area (TPSA) is 116 Å². The molecule has 0 bridgehead atoms. The summed E-state index contributed by atoms with van der Waals surface area (Å²) in [6.45, 7) is 2.68. The smallest absolute Gasteiger partial charge is 0.317 e. The number of hydrogen-bond donors (Lipinski definition) is 4. The molecule has 0 saturated carbocycles. The Morgan fingerprint density at radius 3 is 1.56 bits per heavy atom. The van der Waals surface area contributed by atoms with E-state index in [1.54, 1.807) is 21.1 Å². The second kappa shape index (κ2) is 11.2. The van der Waals surface area contributed by atoms with Gasteiger partial charge in [-0.1, -0.05) is 6.92 Å². The molecule has 0 aliphatic carbocycles. The SMILES string of the molecule is CCCNO.COS(=O)(=O)O.C[N+](C)(C)O. The summed E-state index contributed by atoms with van der Waals surface area (Å²) in [5.74, 6) is 0. The quantitative estimate of drug-likeness (QED) is 0.319. The molecule has 0 fully saturated rings. The minimum atomic E-state index is -4.16. The number of hydrogen-bond acceptors (Lipinski definition) is 6. The van der Waals surface area contributed by atoms with Crippen molar-refractivity contribution in [2.45, 2.75) is 13.3 Å². The van der Waals surface area contributed by atoms with Crippen LogP contribution in [0.4, 0.5) is 0 Å². The predicted octanol–water partition coefficient (Wildman–Crippen LogP) is -0.107. The second-order valence-electron chi connectivity index (χ2n) is 3.44. The lowest BCUT2D eigenvalue weighted by molar-refractivity contribution is -1.06. The highest BCUT2D eigenvalue weighted by Gasteiger charge is 1.94. The van der Waals surface area contributed by atoms with Crippen molar-refractivity contribution >= 4 is 10.4 Å². The number of hydroxylamine groups is 4. The molecule has 8 nitrogen and oxygen atoms in total. The lowest BCUT2D eigenvalue weighted by atomic mass is 10.5. The van der Waals surface area contributed by atoms with Crippen LogP contribution in [0.3, 0.4) is 0 Å². The largest absolute Gasteiger partial charge is 0.397 e. The maximum atomic E-state index is 9.33. The number of rotatable bonds is 3. The molecule has 0 unspecified atom stereocenters. The van der Waals surface area contributed by atoms with Crippen LogP contribution >= 0.6 is 0 Å². The zero-order chi connectivity index (χ0) is 13.8. The third-order valence-corrected chi connectivity index (χ3v) is 0.994. The van der Waals surface area contributed by atoms with Gasteiger partial charge in [0.15, 0.2) is 0 Å². The van der Waals surface area contributed by atoms with E-state index in [1.807, 2.05) is 12.4 Å². The summed E-state index contributed by atoms with van der Waals surface area (Å²) in [6, 6.07) is 0. The summed E-state index contributed by atoms with van der Waals surface area (Å²) in [6.07, 6.45) is 0.983. The van der Waals surface area contributed by atoms with Gasteiger partial charge in [-0.2, -0.15) is 13.1 Å². The molecule has 0 saturated heterocycles. The molecular weight excluding hydrogens is 240 g/mol. The average molecular weight is 263 g/mol. The predicted molar refractivity (Wildman–Crippen MR) is 58.5 cm³/mol. The van der Waals surface area contributed by atoms with Crippen LogP contribution in [0.25, 0.3) is 0 Å². The third kappa shape index (κ3) is 99.8. The van der Waals surface area contributed by atoms with Gasteiger partial charge in [0.2, 0.25) is 0 Å². The molecule has 0 aromatic rings. The van der Waals surface area contributed by atoms with E-state index in [2.05, 4.69) is 4.18 Å². The van der Waals surface area contributed by atoms with Crippen molar-refractivity contribution in [3.05, 3.63) is 0 Å². The molecule has 0 aliphatic heterocycles. The molecule has 0 radical (unpaired) electrons. The first kappa shape index (κ1) is 21.0. The van der Waals surface area contributed by atoms with Crippen molar-refractivity contribution in [2.75, 3.05) is 34.8 Å². The van der Waals surface area contributed by atoms with E-state index in [4.69, 9.17) is 15.0 Å². The Morgan fingerprint density at radius 2 is 1.56 bits per heavy atom. The average Bonchev–Trinajstić information content (AvgIpc) is 2.02. The monoisotopic (exact) mass is 263 g/mol. The summed E-state index contributed by atoms with van der Waals surface area (Å²) >= 11 is 0. The van der Waals surface area contributed by atoms with E-state index in [-0.39, 0.29) is 4.65 Å². The molecule has 0 atom stereocenters. The Labute approximate surface area is 96.9 Å². The first-order valence-electron chi connectivity index (χ1n) is 4.42. The van der Waals surface area contributed by atoms with Crippen molar-refractivity contribution in [3.63, 3.8) is 0 Å². The molecule has 0 spiro atoms. The van der Waals surface area contributed by atoms with Crippen LogP contribution in [-0.4, -0.2) is 62.8 Å². The maximum Gasteiger partial charge on any atom is 0.397 e. The molecule has 0 heterocycles. The summed E-state index contributed by atoms with van der Waals surface area (Å²) in [7, 11) is 1.75. The first-order chi connectivity index (χ1) is 6.97. The van der Waals surface area contributed by atoms with Gasteiger partial charge >= 0.3 is 10.4 Å². The van der Waals surface area contributed by atoms with Crippen molar-refractivity contribution in [3.8, 4) is 0 Å². The molecule has 102 valence electrons. The number of nitrogens with zero attached hydrogens (tertiary/aromatic N) is 1. The van der Waals surface area contributed by atoms with Crippen LogP contribution in [0.1, 0.15) is 13.3 Å². The van der Waals surface area contributed by atoms with Gasteiger partial charge in [0.1, 0.15) is 0 Å². The van der Waals surface area contributed by atoms with Crippen LogP contribution in [0, 0.1) is 0 Å². The standard InChI is InChI=1S/C3H10NO.C3H9NO.CH4O4S/c1-4(2,3)5;1-2-3-4-5;1-5-6(2,3)4/h5H,1-3H3;4-5H,2-3H2,1H3;1H3,(H,2,3,4)/q+1;;. The number of quaternary nitrogens is 1. The van der Waals surface area contributed by atoms with Gasteiger partial charge in [0, 0.05) is 6.54 Å². The van der Waals surface area contributed by atoms with Crippen LogP contribution in [0.2, 0.25) is 0 Å². The van der Waals surface area contributed by atoms with Gasteiger partial charge in [-0.25, -0.2) is 10.7 Å². The van der Waals surface area contributed by atoms with E-state index < -0.39 is 10.4 Å². The van der Waals surface area contributed by atoms with Gasteiger partial charge < -0.3 is 5.21 Å². The molecule has 0 aromatic heterocycles. The zero-order valence-electron chi connectivity index (χ0n) is 10.3. The molecule has 16 heavy (non-hydrogen) atoms. The van der Waals surface area contributed by atoms with Gasteiger partial charge in [0.05, 0.1) is 28.3 Å². The van der Waals surface area contributed by atoms with Crippen LogP contribution < -0.4 is 5.48 Å². The van der Waals surface area contributed by atoms with Crippen LogP contribution in [-0.2, 0) is 14.6 Å². The van der Waals surface area contributed by atoms with E-state index in [9.17, 15) is 8.42 Å². The minimum Gasteiger partial charge on any atom is -0.317 e. The molecular formula is C7H23N2O6S+. The lowest BCUT2D eigenvalue weighted by Gasteiger charge is -2.09. The third-order valence-electron chi connectivity index (χ3n) is 0.572. The Kier molecular flexibility index (Phi) is 14.7. The highest BCUT2D eigenvalue weighted by Crippen LogP contribution is 1.75. The summed E-state index contributed by atoms with van der Waals surface area (Å²) < 4.78 is 29.7. The van der Waals surface area contributed by atoms with E-state index >= 15 is 0 Å². The van der Waals surface area contributed by atoms with Crippen molar-refractivity contribution in [1.82, 2.24) is 5.48 Å². The fourth-order valence-electron chi connectivity index (χ4n) is 0.112. The van der Waals surface area contributed by atoms with Crippen molar-refractivity contribution < 1.29 is 32.2 Å². The van der Waals surface area contributed by atoms with Gasteiger partial charge in [-0.15, -0.1) is 0 Å². The van der Waals surface area contributed by atoms with Crippen LogP contribution in [0.15, 0.2) is 0 Å². The van der Waals surface area contributed by atoms with Crippen molar-refractivity contribution in [2.24, 2.45) is 0 Å². The van der Waals surface area contributed by atoms with Gasteiger partial charge in [0.25, 0.3) is 0 Å². The fourth-order valence-corrected chi connectivity index (χ4v) is 0.112. The van der Waals surface area contributed by atoms with Crippen LogP contribution in [0.5, 0.6) is 0 Å². The van der Waals surface area contributed by atoms with E-state index in [0.717, 1.165) is 13.5 Å². The normalized spacial score (nSPS) is 10.8. The molecule has 0 aliphatic rings. The lowest BCUT2D eigenvalue weighted by Crippen LogP contribution is -2.28. The molecule has 9 heteroatoms. The second-order valence-corrected chi connectivity index (χ2v) is 4.63. The fraction of sp³-hybridized carbons (Fsp3) is 1.00. The Bertz CT molecular complexity index is 216. The van der Waals surface area contributed by atoms with Crippen molar-refractivity contribution in [1.29, 1.82) is 0 Å². The molecule has 4 N–H and O–H groups in total. The Morgan fingerprint density at radius 1 is 1.31 bits per heavy atom. The number of nitrogens with one attached hydrogen (secondary N) is 1. The van der Waals surface area contributed by atoms with Gasteiger partial charge in [-0.05, 0) is 6.42 Å². The first-order valence-corrected chi connectivity index (χ1v) is 5.78. The highest BCUT2D eigenvalue weighted by atomic mass is 32.3. The summed E-state index contributed by atoms with van der Waals surface area (Å²) in [5.41, 5.74) is 2.02. The van der Waals surface area contributed by atoms with E-state index in [1.165, 1.54) is 0 Å². The molecule has 0 aromatic carbocycles. The van der Waals surface area contributed by atoms with E-state index in [0.29, 0.717) is 6.54 Å². The summed E-state index contributed by atoms with van der Waals surface area (Å²) in [4.78, 5) is 0. The Balaban J connectivity index is -0.000000160. The summed E-state index contributed by atoms with van der Waals surface area (Å²) in [5, 5.41) is 16.3. The molecule has 0 amide bonds. The minimum absolute atomic E-state index is 0. The zero-order valence-corrected chi connectivity index (χ0v) is 11.2. The molecule has 0 rings (SSSR count). The van der Waals surface area contributed by atoms with Gasteiger partial charge in [-0.3, -0.25) is 8.74 Å².